The quantitative estimate of drug-likeness (QED) is 0.803. The molecule has 0 fully saturated rings. The molecule has 0 aromatic heterocycles. The Labute approximate surface area is 103 Å². The summed E-state index contributed by atoms with van der Waals surface area (Å²) in [6.07, 6.45) is 0. The molecule has 1 aromatic carbocycles. The van der Waals surface area contributed by atoms with E-state index in [-0.39, 0.29) is 11.2 Å². The largest absolute Gasteiger partial charge is 0.495 e. The second-order valence-electron chi connectivity index (χ2n) is 5.20. The van der Waals surface area contributed by atoms with Crippen LogP contribution < -0.4 is 9.64 Å². The topological polar surface area (TPSA) is 29.5 Å². The number of anilines is 1. The van der Waals surface area contributed by atoms with Gasteiger partial charge in [0.15, 0.2) is 5.78 Å². The molecule has 0 N–H and O–H groups in total. The fourth-order valence-electron chi connectivity index (χ4n) is 1.48. The lowest BCUT2D eigenvalue weighted by Crippen LogP contribution is -2.33. The van der Waals surface area contributed by atoms with Gasteiger partial charge in [-0.3, -0.25) is 4.79 Å². The van der Waals surface area contributed by atoms with E-state index in [0.717, 1.165) is 11.4 Å². The first-order chi connectivity index (χ1) is 7.86. The highest BCUT2D eigenvalue weighted by atomic mass is 16.5. The Morgan fingerprint density at radius 3 is 2.41 bits per heavy atom. The third kappa shape index (κ3) is 3.48. The molecule has 0 heterocycles. The Morgan fingerprint density at radius 1 is 1.29 bits per heavy atom. The molecule has 0 aliphatic heterocycles. The molecule has 94 valence electrons. The highest BCUT2D eigenvalue weighted by Gasteiger charge is 2.23. The molecule has 0 radical (unpaired) electrons. The van der Waals surface area contributed by atoms with Gasteiger partial charge in [-0.05, 0) is 12.1 Å². The van der Waals surface area contributed by atoms with E-state index in [0.29, 0.717) is 6.54 Å². The fraction of sp³-hybridized carbons (Fsp3) is 0.500. The summed E-state index contributed by atoms with van der Waals surface area (Å²) in [5.74, 6) is 1.00. The number of carbonyl (C=O) groups is 1. The van der Waals surface area contributed by atoms with Crippen LogP contribution in [-0.2, 0) is 4.79 Å². The Bertz CT molecular complexity index is 393. The van der Waals surface area contributed by atoms with Crippen LogP contribution in [0.3, 0.4) is 0 Å². The second kappa shape index (κ2) is 5.21. The number of benzene rings is 1. The number of methoxy groups -OCH3 is 1. The number of rotatable bonds is 4. The monoisotopic (exact) mass is 235 g/mol. The minimum Gasteiger partial charge on any atom is -0.495 e. The molecule has 0 spiro atoms. The number of likely N-dealkylation sites (N-methyl/N-ethyl adjacent to an activating group) is 1. The maximum absolute atomic E-state index is 12.0. The predicted molar refractivity (Wildman–Crippen MR) is 70.7 cm³/mol. The molecule has 3 nitrogen and oxygen atoms in total. The Balaban J connectivity index is 2.83. The number of carbonyl (C=O) groups excluding carboxylic acids is 1. The molecule has 0 saturated carbocycles. The van der Waals surface area contributed by atoms with Crippen molar-refractivity contribution < 1.29 is 9.53 Å². The summed E-state index contributed by atoms with van der Waals surface area (Å²) in [6, 6.07) is 7.71. The van der Waals surface area contributed by atoms with E-state index in [1.807, 2.05) is 57.0 Å². The van der Waals surface area contributed by atoms with E-state index in [1.54, 1.807) is 7.11 Å². The van der Waals surface area contributed by atoms with Crippen molar-refractivity contribution in [1.82, 2.24) is 0 Å². The molecular weight excluding hydrogens is 214 g/mol. The first-order valence-corrected chi connectivity index (χ1v) is 5.73. The molecule has 0 saturated heterocycles. The number of ketones is 1. The molecule has 0 aliphatic rings. The number of Topliss-reactive ketones (excluding diaryl/α,β-unsaturated/α-hetero) is 1. The van der Waals surface area contributed by atoms with Crippen LogP contribution in [0.2, 0.25) is 0 Å². The van der Waals surface area contributed by atoms with E-state index in [1.165, 1.54) is 0 Å². The second-order valence-corrected chi connectivity index (χ2v) is 5.20. The number of hydrogen-bond donors (Lipinski definition) is 0. The highest BCUT2D eigenvalue weighted by Crippen LogP contribution is 2.27. The molecule has 0 aliphatic carbocycles. The van der Waals surface area contributed by atoms with E-state index in [9.17, 15) is 4.79 Å². The molecule has 1 rings (SSSR count). The van der Waals surface area contributed by atoms with Crippen LogP contribution >= 0.6 is 0 Å². The minimum atomic E-state index is -0.309. The van der Waals surface area contributed by atoms with Crippen LogP contribution in [0.25, 0.3) is 0 Å². The number of nitrogens with zero attached hydrogens (tertiary/aromatic N) is 1. The van der Waals surface area contributed by atoms with E-state index in [4.69, 9.17) is 4.74 Å². The van der Waals surface area contributed by atoms with Gasteiger partial charge >= 0.3 is 0 Å². The van der Waals surface area contributed by atoms with Crippen molar-refractivity contribution in [2.75, 3.05) is 25.6 Å². The normalized spacial score (nSPS) is 11.1. The average molecular weight is 235 g/mol. The van der Waals surface area contributed by atoms with Crippen LogP contribution in [0.5, 0.6) is 5.75 Å². The zero-order valence-corrected chi connectivity index (χ0v) is 11.3. The molecular formula is C14H21NO2. The molecule has 0 amide bonds. The lowest BCUT2D eigenvalue weighted by atomic mass is 9.90. The van der Waals surface area contributed by atoms with Crippen molar-refractivity contribution in [3.05, 3.63) is 24.3 Å². The first-order valence-electron chi connectivity index (χ1n) is 5.73. The minimum absolute atomic E-state index is 0.214. The maximum Gasteiger partial charge on any atom is 0.157 e. The van der Waals surface area contributed by atoms with Crippen LogP contribution in [0.15, 0.2) is 24.3 Å². The van der Waals surface area contributed by atoms with Gasteiger partial charge in [-0.15, -0.1) is 0 Å². The first kappa shape index (κ1) is 13.6. The van der Waals surface area contributed by atoms with Crippen molar-refractivity contribution in [1.29, 1.82) is 0 Å². The van der Waals surface area contributed by atoms with Crippen molar-refractivity contribution >= 4 is 11.5 Å². The van der Waals surface area contributed by atoms with Crippen LogP contribution in [-0.4, -0.2) is 26.5 Å². The van der Waals surface area contributed by atoms with E-state index in [2.05, 4.69) is 0 Å². The van der Waals surface area contributed by atoms with Crippen molar-refractivity contribution in [3.63, 3.8) is 0 Å². The van der Waals surface area contributed by atoms with Gasteiger partial charge in [0.2, 0.25) is 0 Å². The van der Waals surface area contributed by atoms with Crippen molar-refractivity contribution in [2.45, 2.75) is 20.8 Å². The number of hydrogen-bond acceptors (Lipinski definition) is 3. The lowest BCUT2D eigenvalue weighted by molar-refractivity contribution is -0.124. The summed E-state index contributed by atoms with van der Waals surface area (Å²) in [6.45, 7) is 6.20. The summed E-state index contributed by atoms with van der Waals surface area (Å²) in [5.41, 5.74) is 0.628. The Kier molecular flexibility index (Phi) is 4.16. The zero-order chi connectivity index (χ0) is 13.1. The SMILES string of the molecule is COc1ccccc1N(C)CC(=O)C(C)(C)C. The van der Waals surface area contributed by atoms with Gasteiger partial charge in [-0.1, -0.05) is 32.9 Å². The van der Waals surface area contributed by atoms with Gasteiger partial charge < -0.3 is 9.64 Å². The third-order valence-corrected chi connectivity index (χ3v) is 2.71. The standard InChI is InChI=1S/C14H21NO2/c1-14(2,3)13(16)10-15(4)11-8-6-7-9-12(11)17-5/h6-9H,10H2,1-5H3. The molecule has 0 bridgehead atoms. The van der Waals surface area contributed by atoms with Crippen LogP contribution in [0, 0.1) is 5.41 Å². The number of ether oxygens (including phenoxy) is 1. The van der Waals surface area contributed by atoms with Gasteiger partial charge in [0, 0.05) is 12.5 Å². The molecule has 0 atom stereocenters. The van der Waals surface area contributed by atoms with E-state index >= 15 is 0 Å². The Morgan fingerprint density at radius 2 is 1.88 bits per heavy atom. The molecule has 0 unspecified atom stereocenters. The summed E-state index contributed by atoms with van der Waals surface area (Å²) in [4.78, 5) is 13.9. The number of para-hydroxylation sites is 2. The van der Waals surface area contributed by atoms with E-state index < -0.39 is 0 Å². The summed E-state index contributed by atoms with van der Waals surface area (Å²) in [5, 5.41) is 0. The lowest BCUT2D eigenvalue weighted by Gasteiger charge is -2.25. The summed E-state index contributed by atoms with van der Waals surface area (Å²) < 4.78 is 5.28. The summed E-state index contributed by atoms with van der Waals surface area (Å²) in [7, 11) is 3.54. The van der Waals surface area contributed by atoms with Crippen LogP contribution in [0.1, 0.15) is 20.8 Å². The third-order valence-electron chi connectivity index (χ3n) is 2.71. The van der Waals surface area contributed by atoms with Gasteiger partial charge in [0.25, 0.3) is 0 Å². The highest BCUT2D eigenvalue weighted by molar-refractivity contribution is 5.88. The fourth-order valence-corrected chi connectivity index (χ4v) is 1.48. The maximum atomic E-state index is 12.0. The predicted octanol–water partition coefficient (Wildman–Crippen LogP) is 2.75. The van der Waals surface area contributed by atoms with Crippen molar-refractivity contribution in [3.8, 4) is 5.75 Å². The molecule has 3 heteroatoms. The van der Waals surface area contributed by atoms with Gasteiger partial charge in [0.05, 0.1) is 19.3 Å². The van der Waals surface area contributed by atoms with Gasteiger partial charge in [-0.2, -0.15) is 0 Å². The average Bonchev–Trinajstić information content (AvgIpc) is 2.27. The smallest absolute Gasteiger partial charge is 0.157 e. The van der Waals surface area contributed by atoms with Gasteiger partial charge in [0.1, 0.15) is 5.75 Å². The zero-order valence-electron chi connectivity index (χ0n) is 11.3. The molecule has 1 aromatic rings. The van der Waals surface area contributed by atoms with Gasteiger partial charge in [-0.25, -0.2) is 0 Å². The van der Waals surface area contributed by atoms with Crippen LogP contribution in [0.4, 0.5) is 5.69 Å². The van der Waals surface area contributed by atoms with Crippen molar-refractivity contribution in [2.24, 2.45) is 5.41 Å². The summed E-state index contributed by atoms with van der Waals surface area (Å²) >= 11 is 0. The molecule has 17 heavy (non-hydrogen) atoms. The Hall–Kier alpha value is -1.51.